The van der Waals surface area contributed by atoms with Crippen molar-refractivity contribution in [2.45, 2.75) is 58.5 Å². The van der Waals surface area contributed by atoms with E-state index < -0.39 is 0 Å². The SMILES string of the molecule is C=CCN(CC=C)C(=S)[C@H](C)[C@@H](O)CCCCCCC. The van der Waals surface area contributed by atoms with Crippen molar-refractivity contribution in [2.75, 3.05) is 13.1 Å². The number of nitrogens with zero attached hydrogens (tertiary/aromatic N) is 1. The first kappa shape index (κ1) is 19.3. The summed E-state index contributed by atoms with van der Waals surface area (Å²) in [5, 5.41) is 10.3. The Hall–Kier alpha value is -0.670. The molecule has 1 N–H and O–H groups in total. The molecule has 0 aliphatic rings. The molecule has 0 aromatic rings. The Bertz CT molecular complexity index is 281. The summed E-state index contributed by atoms with van der Waals surface area (Å²) in [5.41, 5.74) is 0. The Morgan fingerprint density at radius 1 is 1.15 bits per heavy atom. The summed E-state index contributed by atoms with van der Waals surface area (Å²) >= 11 is 5.50. The second-order valence-corrected chi connectivity index (χ2v) is 5.80. The number of aliphatic hydroxyl groups is 1. The van der Waals surface area contributed by atoms with E-state index in [2.05, 4.69) is 20.1 Å². The molecule has 0 saturated carbocycles. The largest absolute Gasteiger partial charge is 0.392 e. The van der Waals surface area contributed by atoms with Crippen LogP contribution in [0.25, 0.3) is 0 Å². The van der Waals surface area contributed by atoms with E-state index in [1.807, 2.05) is 24.0 Å². The van der Waals surface area contributed by atoms with Crippen molar-refractivity contribution in [3.05, 3.63) is 25.3 Å². The van der Waals surface area contributed by atoms with Gasteiger partial charge in [0.2, 0.25) is 0 Å². The van der Waals surface area contributed by atoms with Gasteiger partial charge in [-0.25, -0.2) is 0 Å². The molecular weight excluding hydrogens is 266 g/mol. The van der Waals surface area contributed by atoms with Crippen LogP contribution >= 0.6 is 12.2 Å². The first-order chi connectivity index (χ1) is 9.58. The Morgan fingerprint density at radius 2 is 1.70 bits per heavy atom. The fourth-order valence-electron chi connectivity index (χ4n) is 2.23. The Labute approximate surface area is 130 Å². The molecule has 0 rings (SSSR count). The summed E-state index contributed by atoms with van der Waals surface area (Å²) < 4.78 is 0. The van der Waals surface area contributed by atoms with Crippen LogP contribution in [-0.2, 0) is 0 Å². The second kappa shape index (κ2) is 12.1. The van der Waals surface area contributed by atoms with Crippen molar-refractivity contribution in [1.29, 1.82) is 0 Å². The van der Waals surface area contributed by atoms with Crippen molar-refractivity contribution < 1.29 is 5.11 Å². The van der Waals surface area contributed by atoms with Crippen LogP contribution in [0.5, 0.6) is 0 Å². The zero-order valence-corrected chi connectivity index (χ0v) is 14.0. The first-order valence-electron chi connectivity index (χ1n) is 7.77. The van der Waals surface area contributed by atoms with Gasteiger partial charge in [-0.15, -0.1) is 13.2 Å². The van der Waals surface area contributed by atoms with Crippen LogP contribution < -0.4 is 0 Å². The quantitative estimate of drug-likeness (QED) is 0.329. The van der Waals surface area contributed by atoms with E-state index in [1.54, 1.807) is 0 Å². The number of aliphatic hydroxyl groups excluding tert-OH is 1. The molecule has 0 spiro atoms. The second-order valence-electron chi connectivity index (χ2n) is 5.38. The van der Waals surface area contributed by atoms with E-state index in [0.717, 1.165) is 17.8 Å². The van der Waals surface area contributed by atoms with Gasteiger partial charge in [0.1, 0.15) is 0 Å². The zero-order chi connectivity index (χ0) is 15.4. The smallest absolute Gasteiger partial charge is 0.0839 e. The molecule has 0 aromatic carbocycles. The lowest BCUT2D eigenvalue weighted by Crippen LogP contribution is -2.38. The van der Waals surface area contributed by atoms with Crippen LogP contribution in [0.3, 0.4) is 0 Å². The van der Waals surface area contributed by atoms with Crippen molar-refractivity contribution in [3.63, 3.8) is 0 Å². The monoisotopic (exact) mass is 297 g/mol. The van der Waals surface area contributed by atoms with Gasteiger partial charge in [0, 0.05) is 19.0 Å². The standard InChI is InChI=1S/C17H31NOS/c1-5-8-9-10-11-12-16(19)15(4)17(20)18(13-6-2)14-7-3/h6-7,15-16,19H,2-3,5,8-14H2,1,4H3/t15-,16+/m1/s1. The molecule has 2 atom stereocenters. The lowest BCUT2D eigenvalue weighted by atomic mass is 9.97. The van der Waals surface area contributed by atoms with Gasteiger partial charge in [0.05, 0.1) is 11.1 Å². The summed E-state index contributed by atoms with van der Waals surface area (Å²) in [4.78, 5) is 2.85. The van der Waals surface area contributed by atoms with Crippen molar-refractivity contribution in [1.82, 2.24) is 4.90 Å². The van der Waals surface area contributed by atoms with Gasteiger partial charge in [-0.1, -0.05) is 70.3 Å². The van der Waals surface area contributed by atoms with Gasteiger partial charge in [-0.3, -0.25) is 0 Å². The maximum absolute atomic E-state index is 10.3. The molecule has 0 amide bonds. The van der Waals surface area contributed by atoms with Crippen LogP contribution in [0, 0.1) is 5.92 Å². The van der Waals surface area contributed by atoms with Crippen LogP contribution in [0.2, 0.25) is 0 Å². The maximum atomic E-state index is 10.3. The van der Waals surface area contributed by atoms with Gasteiger partial charge in [-0.2, -0.15) is 0 Å². The lowest BCUT2D eigenvalue weighted by Gasteiger charge is -2.29. The molecular formula is C17H31NOS. The summed E-state index contributed by atoms with van der Waals surface area (Å²) in [7, 11) is 0. The van der Waals surface area contributed by atoms with E-state index in [1.165, 1.54) is 25.7 Å². The van der Waals surface area contributed by atoms with Crippen LogP contribution in [-0.4, -0.2) is 34.2 Å². The molecule has 116 valence electrons. The third-order valence-electron chi connectivity index (χ3n) is 3.58. The molecule has 0 fully saturated rings. The summed E-state index contributed by atoms with van der Waals surface area (Å²) in [6.45, 7) is 13.1. The predicted molar refractivity (Wildman–Crippen MR) is 93.1 cm³/mol. The van der Waals surface area contributed by atoms with E-state index in [-0.39, 0.29) is 12.0 Å². The fourth-order valence-corrected chi connectivity index (χ4v) is 2.53. The third-order valence-corrected chi connectivity index (χ3v) is 4.21. The molecule has 0 unspecified atom stereocenters. The highest BCUT2D eigenvalue weighted by Gasteiger charge is 2.21. The molecule has 3 heteroatoms. The number of rotatable bonds is 12. The minimum atomic E-state index is -0.346. The zero-order valence-electron chi connectivity index (χ0n) is 13.2. The van der Waals surface area contributed by atoms with Crippen molar-refractivity contribution >= 4 is 17.2 Å². The molecule has 0 saturated heterocycles. The molecule has 0 aliphatic heterocycles. The van der Waals surface area contributed by atoms with E-state index in [9.17, 15) is 5.11 Å². The summed E-state index contributed by atoms with van der Waals surface area (Å²) in [6, 6.07) is 0. The van der Waals surface area contributed by atoms with Crippen LogP contribution in [0.1, 0.15) is 52.4 Å². The van der Waals surface area contributed by atoms with Gasteiger partial charge in [-0.05, 0) is 6.42 Å². The van der Waals surface area contributed by atoms with Gasteiger partial charge in [0.15, 0.2) is 0 Å². The number of hydrogen-bond acceptors (Lipinski definition) is 2. The highest BCUT2D eigenvalue weighted by atomic mass is 32.1. The van der Waals surface area contributed by atoms with Crippen LogP contribution in [0.4, 0.5) is 0 Å². The lowest BCUT2D eigenvalue weighted by molar-refractivity contribution is 0.128. The molecule has 0 aromatic heterocycles. The van der Waals surface area contributed by atoms with Gasteiger partial charge >= 0.3 is 0 Å². The normalized spacial score (nSPS) is 13.6. The molecule has 0 bridgehead atoms. The number of unbranched alkanes of at least 4 members (excludes halogenated alkanes) is 4. The van der Waals surface area contributed by atoms with E-state index in [0.29, 0.717) is 13.1 Å². The molecule has 0 aliphatic carbocycles. The van der Waals surface area contributed by atoms with Crippen molar-refractivity contribution in [3.8, 4) is 0 Å². The average Bonchev–Trinajstić information content (AvgIpc) is 2.45. The van der Waals surface area contributed by atoms with E-state index >= 15 is 0 Å². The topological polar surface area (TPSA) is 23.5 Å². The molecule has 20 heavy (non-hydrogen) atoms. The summed E-state index contributed by atoms with van der Waals surface area (Å²) in [6.07, 6.45) is 10.2. The van der Waals surface area contributed by atoms with Gasteiger partial charge < -0.3 is 10.0 Å². The highest BCUT2D eigenvalue weighted by Crippen LogP contribution is 2.16. The minimum absolute atomic E-state index is 0.0103. The fraction of sp³-hybridized carbons (Fsp3) is 0.706. The average molecular weight is 298 g/mol. The van der Waals surface area contributed by atoms with Gasteiger partial charge in [0.25, 0.3) is 0 Å². The first-order valence-corrected chi connectivity index (χ1v) is 8.17. The molecule has 2 nitrogen and oxygen atoms in total. The van der Waals surface area contributed by atoms with Crippen LogP contribution in [0.15, 0.2) is 25.3 Å². The Morgan fingerprint density at radius 3 is 2.20 bits per heavy atom. The molecule has 0 heterocycles. The predicted octanol–water partition coefficient (Wildman–Crippen LogP) is 4.35. The maximum Gasteiger partial charge on any atom is 0.0839 e. The highest BCUT2D eigenvalue weighted by molar-refractivity contribution is 7.80. The minimum Gasteiger partial charge on any atom is -0.392 e. The third kappa shape index (κ3) is 7.81. The molecule has 0 radical (unpaired) electrons. The number of thiocarbonyl (C=S) groups is 1. The van der Waals surface area contributed by atoms with E-state index in [4.69, 9.17) is 12.2 Å². The summed E-state index contributed by atoms with van der Waals surface area (Å²) in [5.74, 6) is 0.0103. The Balaban J connectivity index is 4.18. The Kier molecular flexibility index (Phi) is 11.7. The van der Waals surface area contributed by atoms with Crippen molar-refractivity contribution in [2.24, 2.45) is 5.92 Å². The number of hydrogen-bond donors (Lipinski definition) is 1.